The van der Waals surface area contributed by atoms with Crippen LogP contribution in [0.15, 0.2) is 79.1 Å². The van der Waals surface area contributed by atoms with Gasteiger partial charge in [0.25, 0.3) is 0 Å². The standard InChI is InChI=1S/C27H27N5S/c1-18-10-4-5-13-24(18)32-19(2)16-22(20(32)3)26-25(23-12-7-9-15-29-23)30-27(33)31(26)17-21-11-6-8-14-28-21/h4-16,25-26H,17H2,1-3H3,(H,30,33). The van der Waals surface area contributed by atoms with E-state index < -0.39 is 0 Å². The minimum absolute atomic E-state index is 0.00151. The fourth-order valence-corrected chi connectivity index (χ4v) is 5.16. The predicted molar refractivity (Wildman–Crippen MR) is 135 cm³/mol. The summed E-state index contributed by atoms with van der Waals surface area (Å²) in [5.74, 6) is 0. The third-order valence-electron chi connectivity index (χ3n) is 6.40. The molecule has 5 nitrogen and oxygen atoms in total. The highest BCUT2D eigenvalue weighted by Gasteiger charge is 2.41. The smallest absolute Gasteiger partial charge is 0.170 e. The molecule has 33 heavy (non-hydrogen) atoms. The lowest BCUT2D eigenvalue weighted by molar-refractivity contribution is 0.307. The minimum Gasteiger partial charge on any atom is -0.352 e. The summed E-state index contributed by atoms with van der Waals surface area (Å²) in [4.78, 5) is 11.5. The van der Waals surface area contributed by atoms with Crippen molar-refractivity contribution in [3.05, 3.63) is 113 Å². The molecule has 1 saturated heterocycles. The van der Waals surface area contributed by atoms with Gasteiger partial charge in [-0.2, -0.15) is 0 Å². The molecule has 0 aliphatic carbocycles. The monoisotopic (exact) mass is 453 g/mol. The van der Waals surface area contributed by atoms with Crippen molar-refractivity contribution in [2.75, 3.05) is 0 Å². The summed E-state index contributed by atoms with van der Waals surface area (Å²) in [7, 11) is 0. The van der Waals surface area contributed by atoms with Gasteiger partial charge in [-0.15, -0.1) is 0 Å². The van der Waals surface area contributed by atoms with Crippen LogP contribution in [0.5, 0.6) is 0 Å². The first-order chi connectivity index (χ1) is 16.0. The molecular formula is C27H27N5S. The van der Waals surface area contributed by atoms with Crippen LogP contribution in [0.25, 0.3) is 5.69 Å². The number of benzene rings is 1. The zero-order valence-corrected chi connectivity index (χ0v) is 19.9. The van der Waals surface area contributed by atoms with Gasteiger partial charge in [0, 0.05) is 29.5 Å². The lowest BCUT2D eigenvalue weighted by Gasteiger charge is -2.28. The average molecular weight is 454 g/mol. The highest BCUT2D eigenvalue weighted by molar-refractivity contribution is 7.80. The van der Waals surface area contributed by atoms with E-state index in [4.69, 9.17) is 12.2 Å². The van der Waals surface area contributed by atoms with Crippen LogP contribution in [-0.2, 0) is 6.54 Å². The number of aromatic nitrogens is 3. The SMILES string of the molecule is Cc1ccccc1-n1c(C)cc(C2C(c3ccccn3)NC(=S)N2Cc2ccccn2)c1C. The summed E-state index contributed by atoms with van der Waals surface area (Å²) in [5, 5.41) is 4.28. The Labute approximate surface area is 200 Å². The Morgan fingerprint density at radius 3 is 2.33 bits per heavy atom. The Morgan fingerprint density at radius 2 is 1.64 bits per heavy atom. The number of para-hydroxylation sites is 1. The molecule has 166 valence electrons. The second-order valence-electron chi connectivity index (χ2n) is 8.52. The van der Waals surface area contributed by atoms with Crippen LogP contribution in [0.3, 0.4) is 0 Å². The molecule has 0 amide bonds. The molecule has 2 unspecified atom stereocenters. The van der Waals surface area contributed by atoms with Gasteiger partial charge in [-0.05, 0) is 80.5 Å². The predicted octanol–water partition coefficient (Wildman–Crippen LogP) is 5.37. The molecule has 0 spiro atoms. The molecule has 1 aliphatic rings. The van der Waals surface area contributed by atoms with Crippen molar-refractivity contribution < 1.29 is 0 Å². The topological polar surface area (TPSA) is 46.0 Å². The zero-order chi connectivity index (χ0) is 22.9. The summed E-state index contributed by atoms with van der Waals surface area (Å²) in [6, 6.07) is 22.8. The Bertz CT molecular complexity index is 1280. The molecule has 3 aromatic heterocycles. The third-order valence-corrected chi connectivity index (χ3v) is 6.75. The Kier molecular flexibility index (Phi) is 5.68. The molecule has 1 N–H and O–H groups in total. The second kappa shape index (κ2) is 8.79. The Hall–Kier alpha value is -3.51. The number of nitrogens with one attached hydrogen (secondary N) is 1. The largest absolute Gasteiger partial charge is 0.352 e. The molecule has 6 heteroatoms. The summed E-state index contributed by atoms with van der Waals surface area (Å²) in [5.41, 5.74) is 8.08. The second-order valence-corrected chi connectivity index (χ2v) is 8.91. The number of hydrogen-bond donors (Lipinski definition) is 1. The van der Waals surface area contributed by atoms with Crippen LogP contribution in [0.1, 0.15) is 46.0 Å². The molecule has 4 aromatic rings. The maximum absolute atomic E-state index is 5.84. The van der Waals surface area contributed by atoms with Crippen LogP contribution in [0, 0.1) is 20.8 Å². The molecular weight excluding hydrogens is 426 g/mol. The number of rotatable bonds is 5. The van der Waals surface area contributed by atoms with Crippen molar-refractivity contribution in [2.24, 2.45) is 0 Å². The van der Waals surface area contributed by atoms with E-state index in [2.05, 4.69) is 81.9 Å². The van der Waals surface area contributed by atoms with Crippen LogP contribution in [0.4, 0.5) is 0 Å². The summed E-state index contributed by atoms with van der Waals surface area (Å²) in [6.45, 7) is 7.16. The molecule has 1 aliphatic heterocycles. The van der Waals surface area contributed by atoms with Gasteiger partial charge in [0.05, 0.1) is 30.0 Å². The van der Waals surface area contributed by atoms with Gasteiger partial charge in [0.2, 0.25) is 0 Å². The van der Waals surface area contributed by atoms with E-state index in [1.165, 1.54) is 28.2 Å². The first kappa shape index (κ1) is 21.3. The highest BCUT2D eigenvalue weighted by atomic mass is 32.1. The Morgan fingerprint density at radius 1 is 0.909 bits per heavy atom. The van der Waals surface area contributed by atoms with Gasteiger partial charge in [-0.25, -0.2) is 0 Å². The lowest BCUT2D eigenvalue weighted by atomic mass is 9.96. The number of hydrogen-bond acceptors (Lipinski definition) is 3. The van der Waals surface area contributed by atoms with Gasteiger partial charge in [0.1, 0.15) is 0 Å². The van der Waals surface area contributed by atoms with E-state index >= 15 is 0 Å². The quantitative estimate of drug-likeness (QED) is 0.412. The van der Waals surface area contributed by atoms with E-state index in [0.717, 1.165) is 16.5 Å². The van der Waals surface area contributed by atoms with Crippen molar-refractivity contribution in [3.63, 3.8) is 0 Å². The van der Waals surface area contributed by atoms with Gasteiger partial charge in [-0.1, -0.05) is 30.3 Å². The molecule has 1 aromatic carbocycles. The maximum atomic E-state index is 5.84. The van der Waals surface area contributed by atoms with E-state index in [9.17, 15) is 0 Å². The number of pyridine rings is 2. The van der Waals surface area contributed by atoms with Gasteiger partial charge in [-0.3, -0.25) is 9.97 Å². The lowest BCUT2D eigenvalue weighted by Crippen LogP contribution is -2.29. The van der Waals surface area contributed by atoms with Crippen molar-refractivity contribution in [2.45, 2.75) is 39.4 Å². The fourth-order valence-electron chi connectivity index (χ4n) is 4.85. The summed E-state index contributed by atoms with van der Waals surface area (Å²) >= 11 is 5.84. The average Bonchev–Trinajstić information content (AvgIpc) is 3.30. The summed E-state index contributed by atoms with van der Waals surface area (Å²) < 4.78 is 2.35. The van der Waals surface area contributed by atoms with E-state index in [0.29, 0.717) is 6.54 Å². The fraction of sp³-hybridized carbons (Fsp3) is 0.222. The van der Waals surface area contributed by atoms with Crippen LogP contribution in [-0.4, -0.2) is 24.5 Å². The normalized spacial score (nSPS) is 17.9. The van der Waals surface area contributed by atoms with E-state index in [-0.39, 0.29) is 12.1 Å². The van der Waals surface area contributed by atoms with Crippen molar-refractivity contribution in [1.29, 1.82) is 0 Å². The van der Waals surface area contributed by atoms with Crippen molar-refractivity contribution in [1.82, 2.24) is 24.8 Å². The van der Waals surface area contributed by atoms with Gasteiger partial charge in [0.15, 0.2) is 5.11 Å². The maximum Gasteiger partial charge on any atom is 0.170 e. The van der Waals surface area contributed by atoms with Gasteiger partial charge < -0.3 is 14.8 Å². The van der Waals surface area contributed by atoms with Gasteiger partial charge >= 0.3 is 0 Å². The summed E-state index contributed by atoms with van der Waals surface area (Å²) in [6.07, 6.45) is 3.67. The van der Waals surface area contributed by atoms with Crippen molar-refractivity contribution >= 4 is 17.3 Å². The molecule has 1 fully saturated rings. The number of thiocarbonyl (C=S) groups is 1. The van der Waals surface area contributed by atoms with E-state index in [1.54, 1.807) is 0 Å². The zero-order valence-electron chi connectivity index (χ0n) is 19.1. The molecule has 5 rings (SSSR count). The molecule has 0 radical (unpaired) electrons. The highest BCUT2D eigenvalue weighted by Crippen LogP contribution is 2.42. The third kappa shape index (κ3) is 3.91. The first-order valence-corrected chi connectivity index (χ1v) is 11.6. The molecule has 0 saturated carbocycles. The van der Waals surface area contributed by atoms with E-state index in [1.807, 2.05) is 42.7 Å². The van der Waals surface area contributed by atoms with Crippen LogP contribution in [0.2, 0.25) is 0 Å². The number of aryl methyl sites for hydroxylation is 2. The first-order valence-electron chi connectivity index (χ1n) is 11.2. The van der Waals surface area contributed by atoms with Crippen LogP contribution < -0.4 is 5.32 Å². The number of nitrogens with zero attached hydrogens (tertiary/aromatic N) is 4. The molecule has 0 bridgehead atoms. The minimum atomic E-state index is -0.0479. The molecule has 4 heterocycles. The van der Waals surface area contributed by atoms with Crippen molar-refractivity contribution in [3.8, 4) is 5.69 Å². The molecule has 2 atom stereocenters. The van der Waals surface area contributed by atoms with Crippen LogP contribution >= 0.6 is 12.2 Å². The Balaban J connectivity index is 1.63.